The molecule has 0 atom stereocenters. The van der Waals surface area contributed by atoms with Crippen LogP contribution in [0.2, 0.25) is 5.02 Å². The Kier molecular flexibility index (Phi) is 5.19. The van der Waals surface area contributed by atoms with Crippen LogP contribution in [-0.4, -0.2) is 11.5 Å². The van der Waals surface area contributed by atoms with Crippen LogP contribution in [0.5, 0.6) is 0 Å². The molecule has 4 heteroatoms. The second-order valence-corrected chi connectivity index (χ2v) is 7.31. The highest BCUT2D eigenvalue weighted by molar-refractivity contribution is 7.09. The predicted molar refractivity (Wildman–Crippen MR) is 87.7 cm³/mol. The standard InChI is InChI=1S/C16H21ClN2S/c1-16(2,3)14-11-20-15(19-14)8-9-18-10-12-4-6-13(17)7-5-12/h4-7,11,18H,8-10H2,1-3H3. The molecule has 0 radical (unpaired) electrons. The van der Waals surface area contributed by atoms with E-state index in [4.69, 9.17) is 16.6 Å². The summed E-state index contributed by atoms with van der Waals surface area (Å²) in [6, 6.07) is 7.96. The first-order chi connectivity index (χ1) is 9.45. The molecule has 0 unspecified atom stereocenters. The quantitative estimate of drug-likeness (QED) is 0.827. The largest absolute Gasteiger partial charge is 0.312 e. The Bertz CT molecular complexity index is 540. The van der Waals surface area contributed by atoms with E-state index in [0.717, 1.165) is 24.5 Å². The number of nitrogens with one attached hydrogen (secondary N) is 1. The summed E-state index contributed by atoms with van der Waals surface area (Å²) >= 11 is 7.62. The minimum absolute atomic E-state index is 0.144. The molecule has 0 fully saturated rings. The second kappa shape index (κ2) is 6.70. The highest BCUT2D eigenvalue weighted by atomic mass is 35.5. The van der Waals surface area contributed by atoms with Crippen molar-refractivity contribution in [1.29, 1.82) is 0 Å². The number of rotatable bonds is 5. The molecule has 1 heterocycles. The monoisotopic (exact) mass is 308 g/mol. The summed E-state index contributed by atoms with van der Waals surface area (Å²) < 4.78 is 0. The summed E-state index contributed by atoms with van der Waals surface area (Å²) in [6.45, 7) is 8.41. The van der Waals surface area contributed by atoms with Crippen LogP contribution in [0.1, 0.15) is 37.0 Å². The van der Waals surface area contributed by atoms with Crippen LogP contribution >= 0.6 is 22.9 Å². The summed E-state index contributed by atoms with van der Waals surface area (Å²) in [6.07, 6.45) is 0.980. The van der Waals surface area contributed by atoms with Gasteiger partial charge in [0.25, 0.3) is 0 Å². The molecule has 0 spiro atoms. The van der Waals surface area contributed by atoms with E-state index in [2.05, 4.69) is 43.6 Å². The number of benzene rings is 1. The topological polar surface area (TPSA) is 24.9 Å². The molecule has 0 bridgehead atoms. The molecule has 20 heavy (non-hydrogen) atoms. The SMILES string of the molecule is CC(C)(C)c1csc(CCNCc2ccc(Cl)cc2)n1. The number of hydrogen-bond donors (Lipinski definition) is 1. The maximum Gasteiger partial charge on any atom is 0.0941 e. The lowest BCUT2D eigenvalue weighted by molar-refractivity contribution is 0.569. The van der Waals surface area contributed by atoms with E-state index in [0.29, 0.717) is 0 Å². The Morgan fingerprint density at radius 3 is 2.50 bits per heavy atom. The third-order valence-electron chi connectivity index (χ3n) is 3.08. The lowest BCUT2D eigenvalue weighted by Crippen LogP contribution is -2.17. The molecule has 2 rings (SSSR count). The average molecular weight is 309 g/mol. The van der Waals surface area contributed by atoms with Gasteiger partial charge >= 0.3 is 0 Å². The average Bonchev–Trinajstić information content (AvgIpc) is 2.85. The molecule has 0 amide bonds. The zero-order valence-electron chi connectivity index (χ0n) is 12.2. The third-order valence-corrected chi connectivity index (χ3v) is 4.24. The molecule has 0 aliphatic carbocycles. The number of hydrogen-bond acceptors (Lipinski definition) is 3. The lowest BCUT2D eigenvalue weighted by Gasteiger charge is -2.14. The van der Waals surface area contributed by atoms with Gasteiger partial charge in [-0.1, -0.05) is 44.5 Å². The van der Waals surface area contributed by atoms with Gasteiger partial charge in [0, 0.05) is 35.3 Å². The fraction of sp³-hybridized carbons (Fsp3) is 0.438. The maximum absolute atomic E-state index is 5.86. The minimum atomic E-state index is 0.144. The van der Waals surface area contributed by atoms with Crippen LogP contribution in [0.15, 0.2) is 29.6 Å². The van der Waals surface area contributed by atoms with Crippen molar-refractivity contribution in [3.8, 4) is 0 Å². The first-order valence-corrected chi connectivity index (χ1v) is 8.11. The zero-order chi connectivity index (χ0) is 14.6. The molecule has 0 aliphatic heterocycles. The molecular formula is C16H21ClN2S. The van der Waals surface area contributed by atoms with E-state index in [-0.39, 0.29) is 5.41 Å². The first-order valence-electron chi connectivity index (χ1n) is 6.85. The fourth-order valence-electron chi connectivity index (χ4n) is 1.80. The van der Waals surface area contributed by atoms with Gasteiger partial charge in [0.2, 0.25) is 0 Å². The van der Waals surface area contributed by atoms with Crippen LogP contribution in [0.3, 0.4) is 0 Å². The van der Waals surface area contributed by atoms with Crippen molar-refractivity contribution in [2.45, 2.75) is 39.2 Å². The van der Waals surface area contributed by atoms with Crippen molar-refractivity contribution in [1.82, 2.24) is 10.3 Å². The smallest absolute Gasteiger partial charge is 0.0941 e. The van der Waals surface area contributed by atoms with Gasteiger partial charge in [-0.15, -0.1) is 11.3 Å². The molecule has 0 saturated heterocycles. The van der Waals surface area contributed by atoms with E-state index >= 15 is 0 Å². The van der Waals surface area contributed by atoms with Crippen LogP contribution in [0.25, 0.3) is 0 Å². The molecular weight excluding hydrogens is 288 g/mol. The Hall–Kier alpha value is -0.900. The van der Waals surface area contributed by atoms with Crippen molar-refractivity contribution in [2.75, 3.05) is 6.54 Å². The van der Waals surface area contributed by atoms with E-state index in [9.17, 15) is 0 Å². The Morgan fingerprint density at radius 2 is 1.90 bits per heavy atom. The van der Waals surface area contributed by atoms with Gasteiger partial charge in [-0.05, 0) is 17.7 Å². The van der Waals surface area contributed by atoms with Crippen LogP contribution < -0.4 is 5.32 Å². The van der Waals surface area contributed by atoms with Gasteiger partial charge in [0.05, 0.1) is 10.7 Å². The summed E-state index contributed by atoms with van der Waals surface area (Å²) in [4.78, 5) is 4.70. The summed E-state index contributed by atoms with van der Waals surface area (Å²) in [5.41, 5.74) is 2.59. The van der Waals surface area contributed by atoms with Crippen molar-refractivity contribution in [3.05, 3.63) is 50.9 Å². The zero-order valence-corrected chi connectivity index (χ0v) is 13.8. The van der Waals surface area contributed by atoms with Gasteiger partial charge in [-0.25, -0.2) is 4.98 Å². The van der Waals surface area contributed by atoms with E-state index in [1.54, 1.807) is 11.3 Å². The van der Waals surface area contributed by atoms with E-state index in [1.807, 2.05) is 12.1 Å². The van der Waals surface area contributed by atoms with Gasteiger partial charge < -0.3 is 5.32 Å². The molecule has 2 aromatic rings. The molecule has 0 aliphatic rings. The maximum atomic E-state index is 5.86. The van der Waals surface area contributed by atoms with E-state index < -0.39 is 0 Å². The summed E-state index contributed by atoms with van der Waals surface area (Å²) in [5, 5.41) is 7.61. The van der Waals surface area contributed by atoms with Gasteiger partial charge in [-0.2, -0.15) is 0 Å². The third kappa shape index (κ3) is 4.58. The molecule has 1 N–H and O–H groups in total. The molecule has 108 valence electrons. The Labute approximate surface area is 130 Å². The van der Waals surface area contributed by atoms with Gasteiger partial charge in [0.1, 0.15) is 0 Å². The molecule has 1 aromatic carbocycles. The van der Waals surface area contributed by atoms with Crippen molar-refractivity contribution >= 4 is 22.9 Å². The fourth-order valence-corrected chi connectivity index (χ4v) is 2.95. The van der Waals surface area contributed by atoms with Crippen molar-refractivity contribution in [3.63, 3.8) is 0 Å². The number of nitrogens with zero attached hydrogens (tertiary/aromatic N) is 1. The Balaban J connectivity index is 1.76. The minimum Gasteiger partial charge on any atom is -0.312 e. The highest BCUT2D eigenvalue weighted by Gasteiger charge is 2.16. The van der Waals surface area contributed by atoms with Crippen LogP contribution in [-0.2, 0) is 18.4 Å². The van der Waals surface area contributed by atoms with E-state index in [1.165, 1.54) is 16.3 Å². The highest BCUT2D eigenvalue weighted by Crippen LogP contribution is 2.23. The molecule has 2 nitrogen and oxygen atoms in total. The number of thiazole rings is 1. The van der Waals surface area contributed by atoms with Crippen LogP contribution in [0, 0.1) is 0 Å². The van der Waals surface area contributed by atoms with Crippen molar-refractivity contribution in [2.24, 2.45) is 0 Å². The van der Waals surface area contributed by atoms with Crippen LogP contribution in [0.4, 0.5) is 0 Å². The number of aromatic nitrogens is 1. The summed E-state index contributed by atoms with van der Waals surface area (Å²) in [5.74, 6) is 0. The summed E-state index contributed by atoms with van der Waals surface area (Å²) in [7, 11) is 0. The van der Waals surface area contributed by atoms with Crippen molar-refractivity contribution < 1.29 is 0 Å². The molecule has 1 aromatic heterocycles. The predicted octanol–water partition coefficient (Wildman–Crippen LogP) is 4.43. The van der Waals surface area contributed by atoms with Gasteiger partial charge in [0.15, 0.2) is 0 Å². The normalized spacial score (nSPS) is 11.8. The lowest BCUT2D eigenvalue weighted by atomic mass is 9.93. The molecule has 0 saturated carbocycles. The Morgan fingerprint density at radius 1 is 1.20 bits per heavy atom. The van der Waals surface area contributed by atoms with Gasteiger partial charge in [-0.3, -0.25) is 0 Å². The first kappa shape index (κ1) is 15.5. The second-order valence-electron chi connectivity index (χ2n) is 5.93. The number of halogens is 1.